The fourth-order valence-corrected chi connectivity index (χ4v) is 2.56. The van der Waals surface area contributed by atoms with Crippen LogP contribution < -0.4 is 15.2 Å². The molecule has 0 atom stereocenters. The molecule has 0 fully saturated rings. The molecule has 1 heterocycles. The Hall–Kier alpha value is -3.28. The maximum atomic E-state index is 11.8. The minimum Gasteiger partial charge on any atom is -0.497 e. The first-order valence-electron chi connectivity index (χ1n) is 7.68. The van der Waals surface area contributed by atoms with E-state index in [-0.39, 0.29) is 5.69 Å². The highest BCUT2D eigenvalue weighted by molar-refractivity contribution is 5.96. The molecule has 0 spiro atoms. The van der Waals surface area contributed by atoms with Gasteiger partial charge in [0.25, 0.3) is 5.91 Å². The summed E-state index contributed by atoms with van der Waals surface area (Å²) >= 11 is 0. The predicted molar refractivity (Wildman–Crippen MR) is 92.8 cm³/mol. The van der Waals surface area contributed by atoms with E-state index in [0.717, 1.165) is 11.3 Å². The minimum atomic E-state index is -0.638. The predicted octanol–water partition coefficient (Wildman–Crippen LogP) is 3.05. The molecule has 2 aromatic carbocycles. The molecule has 2 N–H and O–H groups in total. The lowest BCUT2D eigenvalue weighted by atomic mass is 10.1. The molecule has 0 aliphatic carbocycles. The van der Waals surface area contributed by atoms with Crippen LogP contribution in [0.1, 0.15) is 21.9 Å². The Bertz CT molecular complexity index is 885. The average Bonchev–Trinajstić information content (AvgIpc) is 3.06. The largest absolute Gasteiger partial charge is 0.497 e. The summed E-state index contributed by atoms with van der Waals surface area (Å²) in [7, 11) is 3.19. The number of hydrogen-bond acceptors (Lipinski definition) is 5. The zero-order valence-corrected chi connectivity index (χ0v) is 14.0. The Morgan fingerprint density at radius 3 is 2.44 bits per heavy atom. The van der Waals surface area contributed by atoms with Crippen molar-refractivity contribution in [2.75, 3.05) is 14.2 Å². The molecule has 0 unspecified atom stereocenters. The zero-order valence-electron chi connectivity index (χ0n) is 14.0. The van der Waals surface area contributed by atoms with Crippen molar-refractivity contribution in [3.05, 3.63) is 65.7 Å². The second-order valence-corrected chi connectivity index (χ2v) is 5.37. The van der Waals surface area contributed by atoms with Gasteiger partial charge in [0, 0.05) is 11.1 Å². The monoisotopic (exact) mass is 338 g/mol. The number of carbonyl (C=O) groups is 1. The fourth-order valence-electron chi connectivity index (χ4n) is 2.56. The molecule has 25 heavy (non-hydrogen) atoms. The van der Waals surface area contributed by atoms with Crippen LogP contribution in [0, 0.1) is 0 Å². The molecule has 0 saturated heterocycles. The van der Waals surface area contributed by atoms with Gasteiger partial charge < -0.3 is 19.6 Å². The van der Waals surface area contributed by atoms with Crippen molar-refractivity contribution >= 4 is 5.91 Å². The lowest BCUT2D eigenvalue weighted by Gasteiger charge is -2.05. The molecule has 6 nitrogen and oxygen atoms in total. The van der Waals surface area contributed by atoms with Gasteiger partial charge in [-0.15, -0.1) is 0 Å². The number of nitrogens with zero attached hydrogens (tertiary/aromatic N) is 1. The van der Waals surface area contributed by atoms with Crippen molar-refractivity contribution in [3.8, 4) is 22.8 Å². The Morgan fingerprint density at radius 2 is 1.80 bits per heavy atom. The molecule has 0 radical (unpaired) electrons. The summed E-state index contributed by atoms with van der Waals surface area (Å²) in [5.41, 5.74) is 7.17. The van der Waals surface area contributed by atoms with Gasteiger partial charge in [0.05, 0.1) is 20.6 Å². The summed E-state index contributed by atoms with van der Waals surface area (Å²) in [5.74, 6) is 1.54. The van der Waals surface area contributed by atoms with E-state index in [4.69, 9.17) is 19.6 Å². The summed E-state index contributed by atoms with van der Waals surface area (Å²) in [6, 6.07) is 14.7. The van der Waals surface area contributed by atoms with Crippen molar-refractivity contribution in [1.29, 1.82) is 0 Å². The number of methoxy groups -OCH3 is 2. The molecule has 0 aliphatic heterocycles. The summed E-state index contributed by atoms with van der Waals surface area (Å²) in [6.45, 7) is 0. The first-order chi connectivity index (χ1) is 12.1. The maximum absolute atomic E-state index is 11.8. The Kier molecular flexibility index (Phi) is 4.70. The number of para-hydroxylation sites is 1. The fraction of sp³-hybridized carbons (Fsp3) is 0.158. The summed E-state index contributed by atoms with van der Waals surface area (Å²) in [4.78, 5) is 16.0. The molecular weight excluding hydrogens is 320 g/mol. The lowest BCUT2D eigenvalue weighted by Crippen LogP contribution is -2.12. The maximum Gasteiger partial charge on any atom is 0.271 e. The molecular formula is C19H18N2O4. The van der Waals surface area contributed by atoms with E-state index in [0.29, 0.717) is 29.4 Å². The van der Waals surface area contributed by atoms with E-state index in [1.54, 1.807) is 38.5 Å². The van der Waals surface area contributed by atoms with Gasteiger partial charge in [-0.3, -0.25) is 4.79 Å². The molecule has 3 aromatic rings. The van der Waals surface area contributed by atoms with Gasteiger partial charge >= 0.3 is 0 Å². The second kappa shape index (κ2) is 7.09. The van der Waals surface area contributed by atoms with Crippen molar-refractivity contribution in [3.63, 3.8) is 0 Å². The number of amides is 1. The number of primary amides is 1. The van der Waals surface area contributed by atoms with Crippen LogP contribution in [0.3, 0.4) is 0 Å². The summed E-state index contributed by atoms with van der Waals surface area (Å²) in [6.07, 6.45) is 0.389. The van der Waals surface area contributed by atoms with Crippen molar-refractivity contribution < 1.29 is 18.7 Å². The average molecular weight is 338 g/mol. The van der Waals surface area contributed by atoms with Crippen LogP contribution in [0.25, 0.3) is 11.3 Å². The van der Waals surface area contributed by atoms with Crippen LogP contribution >= 0.6 is 0 Å². The highest BCUT2D eigenvalue weighted by Gasteiger charge is 2.20. The van der Waals surface area contributed by atoms with Crippen LogP contribution in [0.2, 0.25) is 0 Å². The Labute approximate surface area is 145 Å². The third-order valence-corrected chi connectivity index (χ3v) is 3.79. The molecule has 0 bridgehead atoms. The van der Waals surface area contributed by atoms with Crippen LogP contribution in [0.15, 0.2) is 52.9 Å². The number of ether oxygens (including phenoxy) is 2. The van der Waals surface area contributed by atoms with Crippen molar-refractivity contribution in [1.82, 2.24) is 4.98 Å². The van der Waals surface area contributed by atoms with Gasteiger partial charge in [0.1, 0.15) is 11.5 Å². The number of benzene rings is 2. The van der Waals surface area contributed by atoms with Gasteiger partial charge in [0.15, 0.2) is 17.3 Å². The first-order valence-corrected chi connectivity index (χ1v) is 7.68. The van der Waals surface area contributed by atoms with Gasteiger partial charge in [0.2, 0.25) is 0 Å². The van der Waals surface area contributed by atoms with E-state index in [2.05, 4.69) is 4.98 Å². The number of aromatic nitrogens is 1. The normalized spacial score (nSPS) is 10.5. The molecule has 6 heteroatoms. The highest BCUT2D eigenvalue weighted by atomic mass is 16.5. The van der Waals surface area contributed by atoms with E-state index in [1.165, 1.54) is 0 Å². The number of hydrogen-bond donors (Lipinski definition) is 1. The van der Waals surface area contributed by atoms with Crippen molar-refractivity contribution in [2.45, 2.75) is 6.42 Å². The first kappa shape index (κ1) is 16.6. The van der Waals surface area contributed by atoms with Crippen LogP contribution in [-0.4, -0.2) is 25.1 Å². The third-order valence-electron chi connectivity index (χ3n) is 3.79. The smallest absolute Gasteiger partial charge is 0.271 e. The molecule has 3 rings (SSSR count). The van der Waals surface area contributed by atoms with Gasteiger partial charge in [-0.1, -0.05) is 18.2 Å². The van der Waals surface area contributed by atoms with Crippen LogP contribution in [0.4, 0.5) is 0 Å². The number of oxazole rings is 1. The number of rotatable bonds is 6. The Morgan fingerprint density at radius 1 is 1.08 bits per heavy atom. The van der Waals surface area contributed by atoms with Gasteiger partial charge in [-0.25, -0.2) is 4.98 Å². The quantitative estimate of drug-likeness (QED) is 0.746. The zero-order chi connectivity index (χ0) is 17.8. The third kappa shape index (κ3) is 3.47. The van der Waals surface area contributed by atoms with Crippen LogP contribution in [0.5, 0.6) is 11.5 Å². The Balaban J connectivity index is 1.98. The molecule has 0 saturated carbocycles. The van der Waals surface area contributed by atoms with E-state index < -0.39 is 5.91 Å². The SMILES string of the molecule is COc1ccc(-c2oc(Cc3ccccc3OC)nc2C(N)=O)cc1. The van der Waals surface area contributed by atoms with Crippen molar-refractivity contribution in [2.24, 2.45) is 5.73 Å². The number of nitrogens with two attached hydrogens (primary N) is 1. The molecule has 1 aromatic heterocycles. The molecule has 1 amide bonds. The van der Waals surface area contributed by atoms with Crippen LogP contribution in [-0.2, 0) is 6.42 Å². The minimum absolute atomic E-state index is 0.107. The van der Waals surface area contributed by atoms with Gasteiger partial charge in [-0.05, 0) is 30.3 Å². The topological polar surface area (TPSA) is 87.6 Å². The van der Waals surface area contributed by atoms with Gasteiger partial charge in [-0.2, -0.15) is 0 Å². The van der Waals surface area contributed by atoms with E-state index in [9.17, 15) is 4.79 Å². The summed E-state index contributed by atoms with van der Waals surface area (Å²) in [5, 5.41) is 0. The second-order valence-electron chi connectivity index (χ2n) is 5.37. The highest BCUT2D eigenvalue weighted by Crippen LogP contribution is 2.29. The lowest BCUT2D eigenvalue weighted by molar-refractivity contribution is 0.0996. The van der Waals surface area contributed by atoms with E-state index >= 15 is 0 Å². The standard InChI is InChI=1S/C19H18N2O4/c1-23-14-9-7-12(8-10-14)18-17(19(20)22)21-16(25-18)11-13-5-3-4-6-15(13)24-2/h3-10H,11H2,1-2H3,(H2,20,22). The number of carbonyl (C=O) groups excluding carboxylic acids is 1. The molecule has 0 aliphatic rings. The van der Waals surface area contributed by atoms with E-state index in [1.807, 2.05) is 24.3 Å². The molecule has 128 valence electrons. The summed E-state index contributed by atoms with van der Waals surface area (Å²) < 4.78 is 16.3.